The van der Waals surface area contributed by atoms with E-state index in [9.17, 15) is 10.1 Å². The number of non-ortho nitro benzene ring substituents is 1. The zero-order valence-electron chi connectivity index (χ0n) is 10.5. The summed E-state index contributed by atoms with van der Waals surface area (Å²) in [6.07, 6.45) is 0. The molecule has 20 heavy (non-hydrogen) atoms. The Kier molecular flexibility index (Phi) is 2.91. The highest BCUT2D eigenvalue weighted by Crippen LogP contribution is 2.28. The summed E-state index contributed by atoms with van der Waals surface area (Å²) in [7, 11) is 0. The number of fused-ring (bicyclic) bond motifs is 1. The SMILES string of the molecule is Cc1cc(-c2nc3cc([N+](=O)[O-])ccc3o2)ccc1Cl. The maximum atomic E-state index is 10.7. The molecule has 0 amide bonds. The third-order valence-corrected chi connectivity index (χ3v) is 3.41. The van der Waals surface area contributed by atoms with Gasteiger partial charge in [0.1, 0.15) is 5.52 Å². The van der Waals surface area contributed by atoms with Gasteiger partial charge < -0.3 is 4.42 Å². The van der Waals surface area contributed by atoms with Crippen LogP contribution < -0.4 is 0 Å². The van der Waals surface area contributed by atoms with Gasteiger partial charge in [-0.15, -0.1) is 0 Å². The lowest BCUT2D eigenvalue weighted by molar-refractivity contribution is -0.384. The van der Waals surface area contributed by atoms with Gasteiger partial charge in [-0.05, 0) is 36.8 Å². The molecule has 0 aliphatic heterocycles. The summed E-state index contributed by atoms with van der Waals surface area (Å²) in [5.74, 6) is 0.417. The van der Waals surface area contributed by atoms with Crippen molar-refractivity contribution < 1.29 is 9.34 Å². The van der Waals surface area contributed by atoms with Crippen LogP contribution in [-0.2, 0) is 0 Å². The van der Waals surface area contributed by atoms with Crippen LogP contribution in [0.4, 0.5) is 5.69 Å². The standard InChI is InChI=1S/C14H9ClN2O3/c1-8-6-9(2-4-11(8)15)14-16-12-7-10(17(18)19)3-5-13(12)20-14/h2-7H,1H3. The van der Waals surface area contributed by atoms with Crippen LogP contribution in [0.1, 0.15) is 5.56 Å². The molecule has 0 N–H and O–H groups in total. The number of hydrogen-bond acceptors (Lipinski definition) is 4. The first-order valence-electron chi connectivity index (χ1n) is 5.86. The zero-order valence-corrected chi connectivity index (χ0v) is 11.2. The van der Waals surface area contributed by atoms with E-state index in [1.54, 1.807) is 18.2 Å². The Bertz CT molecular complexity index is 826. The van der Waals surface area contributed by atoms with Crippen LogP contribution in [0, 0.1) is 17.0 Å². The van der Waals surface area contributed by atoms with Crippen molar-refractivity contribution in [3.05, 3.63) is 57.1 Å². The van der Waals surface area contributed by atoms with Crippen molar-refractivity contribution in [3.8, 4) is 11.5 Å². The van der Waals surface area contributed by atoms with Gasteiger partial charge in [-0.1, -0.05) is 11.6 Å². The summed E-state index contributed by atoms with van der Waals surface area (Å²) in [4.78, 5) is 14.6. The van der Waals surface area contributed by atoms with Crippen molar-refractivity contribution in [1.29, 1.82) is 0 Å². The Hall–Kier alpha value is -2.40. The monoisotopic (exact) mass is 288 g/mol. The van der Waals surface area contributed by atoms with Gasteiger partial charge in [0.2, 0.25) is 5.89 Å². The number of halogens is 1. The molecule has 6 heteroatoms. The molecule has 0 radical (unpaired) electrons. The fraction of sp³-hybridized carbons (Fsp3) is 0.0714. The molecule has 0 unspecified atom stereocenters. The largest absolute Gasteiger partial charge is 0.436 e. The summed E-state index contributed by atoms with van der Waals surface area (Å²) >= 11 is 5.98. The second-order valence-corrected chi connectivity index (χ2v) is 4.80. The molecular formula is C14H9ClN2O3. The number of hydrogen-bond donors (Lipinski definition) is 0. The topological polar surface area (TPSA) is 69.2 Å². The molecule has 0 saturated carbocycles. The van der Waals surface area contributed by atoms with E-state index in [4.69, 9.17) is 16.0 Å². The summed E-state index contributed by atoms with van der Waals surface area (Å²) in [6, 6.07) is 9.77. The molecule has 0 fully saturated rings. The molecule has 3 aromatic rings. The van der Waals surface area contributed by atoms with Crippen molar-refractivity contribution in [2.45, 2.75) is 6.92 Å². The molecule has 3 rings (SSSR count). The third-order valence-electron chi connectivity index (χ3n) is 2.99. The van der Waals surface area contributed by atoms with E-state index < -0.39 is 4.92 Å². The third kappa shape index (κ3) is 2.12. The van der Waals surface area contributed by atoms with Gasteiger partial charge in [0, 0.05) is 22.7 Å². The molecule has 1 heterocycles. The maximum Gasteiger partial charge on any atom is 0.271 e. The van der Waals surface area contributed by atoms with Gasteiger partial charge in [0.15, 0.2) is 5.58 Å². The minimum absolute atomic E-state index is 0.00960. The van der Waals surface area contributed by atoms with Crippen LogP contribution in [0.15, 0.2) is 40.8 Å². The van der Waals surface area contributed by atoms with Crippen LogP contribution >= 0.6 is 11.6 Å². The van der Waals surface area contributed by atoms with Gasteiger partial charge in [-0.2, -0.15) is 0 Å². The molecule has 1 aromatic heterocycles. The average Bonchev–Trinajstić information content (AvgIpc) is 2.84. The second kappa shape index (κ2) is 4.61. The van der Waals surface area contributed by atoms with E-state index in [1.807, 2.05) is 13.0 Å². The highest BCUT2D eigenvalue weighted by atomic mass is 35.5. The van der Waals surface area contributed by atoms with E-state index >= 15 is 0 Å². The van der Waals surface area contributed by atoms with Gasteiger partial charge >= 0.3 is 0 Å². The van der Waals surface area contributed by atoms with E-state index in [0.717, 1.165) is 11.1 Å². The quantitative estimate of drug-likeness (QED) is 0.519. The van der Waals surface area contributed by atoms with Gasteiger partial charge in [0.05, 0.1) is 4.92 Å². The van der Waals surface area contributed by atoms with Gasteiger partial charge in [-0.3, -0.25) is 10.1 Å². The number of nitro benzene ring substituents is 1. The van der Waals surface area contributed by atoms with E-state index in [2.05, 4.69) is 4.98 Å². The first-order chi connectivity index (χ1) is 9.54. The number of aromatic nitrogens is 1. The normalized spacial score (nSPS) is 10.9. The predicted octanol–water partition coefficient (Wildman–Crippen LogP) is 4.36. The number of benzene rings is 2. The average molecular weight is 289 g/mol. The Morgan fingerprint density at radius 3 is 2.75 bits per heavy atom. The van der Waals surface area contributed by atoms with Crippen molar-refractivity contribution in [3.63, 3.8) is 0 Å². The van der Waals surface area contributed by atoms with Crippen molar-refractivity contribution in [2.24, 2.45) is 0 Å². The number of oxazole rings is 1. The zero-order chi connectivity index (χ0) is 14.3. The summed E-state index contributed by atoms with van der Waals surface area (Å²) in [5, 5.41) is 11.4. The number of nitro groups is 1. The Labute approximate surface area is 119 Å². The molecule has 5 nitrogen and oxygen atoms in total. The van der Waals surface area contributed by atoms with Crippen LogP contribution in [-0.4, -0.2) is 9.91 Å². The van der Waals surface area contributed by atoms with Crippen LogP contribution in [0.25, 0.3) is 22.6 Å². The van der Waals surface area contributed by atoms with Crippen LogP contribution in [0.3, 0.4) is 0 Å². The van der Waals surface area contributed by atoms with Crippen LogP contribution in [0.2, 0.25) is 5.02 Å². The lowest BCUT2D eigenvalue weighted by atomic mass is 10.1. The highest BCUT2D eigenvalue weighted by Gasteiger charge is 2.13. The van der Waals surface area contributed by atoms with Crippen molar-refractivity contribution in [2.75, 3.05) is 0 Å². The minimum atomic E-state index is -0.458. The first kappa shape index (κ1) is 12.6. The number of nitrogens with zero attached hydrogens (tertiary/aromatic N) is 2. The predicted molar refractivity (Wildman–Crippen MR) is 75.8 cm³/mol. The molecule has 0 bridgehead atoms. The molecule has 0 aliphatic carbocycles. The Morgan fingerprint density at radius 1 is 1.25 bits per heavy atom. The molecule has 2 aromatic carbocycles. The first-order valence-corrected chi connectivity index (χ1v) is 6.24. The number of aryl methyl sites for hydroxylation is 1. The van der Waals surface area contributed by atoms with E-state index in [1.165, 1.54) is 12.1 Å². The number of rotatable bonds is 2. The summed E-state index contributed by atoms with van der Waals surface area (Å²) in [5.41, 5.74) is 2.66. The lowest BCUT2D eigenvalue weighted by Gasteiger charge is -1.99. The molecule has 0 saturated heterocycles. The molecule has 0 spiro atoms. The van der Waals surface area contributed by atoms with Crippen molar-refractivity contribution >= 4 is 28.4 Å². The second-order valence-electron chi connectivity index (χ2n) is 4.39. The van der Waals surface area contributed by atoms with Gasteiger partial charge in [0.25, 0.3) is 5.69 Å². The minimum Gasteiger partial charge on any atom is -0.436 e. The van der Waals surface area contributed by atoms with Crippen LogP contribution in [0.5, 0.6) is 0 Å². The maximum absolute atomic E-state index is 10.7. The van der Waals surface area contributed by atoms with E-state index in [-0.39, 0.29) is 5.69 Å². The Balaban J connectivity index is 2.12. The van der Waals surface area contributed by atoms with Crippen molar-refractivity contribution in [1.82, 2.24) is 4.98 Å². The summed E-state index contributed by atoms with van der Waals surface area (Å²) < 4.78 is 5.61. The fourth-order valence-corrected chi connectivity index (χ4v) is 2.05. The molecule has 0 atom stereocenters. The fourth-order valence-electron chi connectivity index (χ4n) is 1.93. The lowest BCUT2D eigenvalue weighted by Crippen LogP contribution is -1.86. The molecule has 100 valence electrons. The highest BCUT2D eigenvalue weighted by molar-refractivity contribution is 6.31. The summed E-state index contributed by atoms with van der Waals surface area (Å²) in [6.45, 7) is 1.89. The van der Waals surface area contributed by atoms with Gasteiger partial charge in [-0.25, -0.2) is 4.98 Å². The Morgan fingerprint density at radius 2 is 2.05 bits per heavy atom. The van der Waals surface area contributed by atoms with E-state index in [0.29, 0.717) is 22.0 Å². The smallest absolute Gasteiger partial charge is 0.271 e. The molecular weight excluding hydrogens is 280 g/mol. The molecule has 0 aliphatic rings.